The van der Waals surface area contributed by atoms with Crippen molar-refractivity contribution >= 4 is 28.5 Å². The van der Waals surface area contributed by atoms with Gasteiger partial charge in [-0.05, 0) is 17.7 Å². The van der Waals surface area contributed by atoms with Crippen molar-refractivity contribution in [1.82, 2.24) is 19.9 Å². The fourth-order valence-electron chi connectivity index (χ4n) is 1.31. The lowest BCUT2D eigenvalue weighted by molar-refractivity contribution is -0.121. The van der Waals surface area contributed by atoms with Gasteiger partial charge in [-0.2, -0.15) is 4.98 Å². The predicted molar refractivity (Wildman–Crippen MR) is 56.6 cm³/mol. The van der Waals surface area contributed by atoms with E-state index in [1.165, 1.54) is 0 Å². The number of rotatable bonds is 2. The molecule has 0 unspecified atom stereocenters. The van der Waals surface area contributed by atoms with Gasteiger partial charge in [-0.1, -0.05) is 0 Å². The van der Waals surface area contributed by atoms with E-state index in [-0.39, 0.29) is 17.7 Å². The summed E-state index contributed by atoms with van der Waals surface area (Å²) < 4.78 is 1.72. The lowest BCUT2D eigenvalue weighted by Gasteiger charge is -2.02. The monoisotopic (exact) mass is 224 g/mol. The first-order valence-electron chi connectivity index (χ1n) is 4.38. The zero-order chi connectivity index (χ0) is 10.8. The highest BCUT2D eigenvalue weighted by Crippen LogP contribution is 2.13. The third kappa shape index (κ3) is 1.92. The van der Waals surface area contributed by atoms with Crippen molar-refractivity contribution in [2.24, 2.45) is 0 Å². The van der Waals surface area contributed by atoms with Crippen LogP contribution in [0.15, 0.2) is 18.5 Å². The highest BCUT2D eigenvalue weighted by atomic mass is 35.5. The Morgan fingerprint density at radius 1 is 1.67 bits per heavy atom. The van der Waals surface area contributed by atoms with E-state index in [4.69, 9.17) is 11.6 Å². The quantitative estimate of drug-likeness (QED) is 0.769. The van der Waals surface area contributed by atoms with E-state index < -0.39 is 0 Å². The summed E-state index contributed by atoms with van der Waals surface area (Å²) in [4.78, 5) is 19.1. The molecule has 0 saturated carbocycles. The largest absolute Gasteiger partial charge is 0.358 e. The first kappa shape index (κ1) is 9.92. The van der Waals surface area contributed by atoms with Crippen molar-refractivity contribution in [2.75, 3.05) is 7.05 Å². The third-order valence-corrected chi connectivity index (χ3v) is 2.25. The Balaban J connectivity index is 2.43. The molecule has 2 aromatic heterocycles. The first-order valence-corrected chi connectivity index (χ1v) is 4.76. The van der Waals surface area contributed by atoms with Crippen LogP contribution in [0.25, 0.3) is 11.0 Å². The highest BCUT2D eigenvalue weighted by Gasteiger charge is 2.06. The Labute approximate surface area is 91.1 Å². The van der Waals surface area contributed by atoms with Crippen LogP contribution < -0.4 is 5.32 Å². The molecular weight excluding hydrogens is 216 g/mol. The number of carbonyl (C=O) groups excluding carboxylic acids is 1. The third-order valence-electron chi connectivity index (χ3n) is 2.07. The maximum atomic E-state index is 11.2. The molecule has 2 rings (SSSR count). The van der Waals surface area contributed by atoms with Gasteiger partial charge in [-0.3, -0.25) is 4.79 Å². The van der Waals surface area contributed by atoms with E-state index in [0.717, 1.165) is 5.39 Å². The molecule has 1 N–H and O–H groups in total. The van der Waals surface area contributed by atoms with Crippen LogP contribution in [0.3, 0.4) is 0 Å². The van der Waals surface area contributed by atoms with Gasteiger partial charge >= 0.3 is 0 Å². The second-order valence-corrected chi connectivity index (χ2v) is 3.37. The molecule has 0 atom stereocenters. The van der Waals surface area contributed by atoms with E-state index in [1.54, 1.807) is 24.0 Å². The van der Waals surface area contributed by atoms with Crippen LogP contribution in [0, 0.1) is 0 Å². The van der Waals surface area contributed by atoms with Crippen molar-refractivity contribution in [3.63, 3.8) is 0 Å². The number of likely N-dealkylation sites (N-methyl/N-ethyl adjacent to an activating group) is 1. The van der Waals surface area contributed by atoms with Crippen LogP contribution in [0.5, 0.6) is 0 Å². The summed E-state index contributed by atoms with van der Waals surface area (Å²) in [7, 11) is 1.59. The SMILES string of the molecule is CNC(=O)Cn1ccc2cnc(Cl)nc21. The average molecular weight is 225 g/mol. The van der Waals surface area contributed by atoms with E-state index in [1.807, 2.05) is 6.07 Å². The van der Waals surface area contributed by atoms with Crippen molar-refractivity contribution in [3.8, 4) is 0 Å². The smallest absolute Gasteiger partial charge is 0.239 e. The summed E-state index contributed by atoms with van der Waals surface area (Å²) in [5.41, 5.74) is 0.665. The second-order valence-electron chi connectivity index (χ2n) is 3.03. The summed E-state index contributed by atoms with van der Waals surface area (Å²) in [5.74, 6) is -0.0813. The van der Waals surface area contributed by atoms with Crippen LogP contribution in [0.4, 0.5) is 0 Å². The Morgan fingerprint density at radius 3 is 3.20 bits per heavy atom. The number of carbonyl (C=O) groups is 1. The summed E-state index contributed by atoms with van der Waals surface area (Å²) in [6.07, 6.45) is 3.41. The average Bonchev–Trinajstić information content (AvgIpc) is 2.61. The van der Waals surface area contributed by atoms with Gasteiger partial charge in [-0.15, -0.1) is 0 Å². The van der Waals surface area contributed by atoms with Gasteiger partial charge in [-0.25, -0.2) is 4.98 Å². The molecule has 0 saturated heterocycles. The van der Waals surface area contributed by atoms with Crippen LogP contribution in [-0.4, -0.2) is 27.5 Å². The molecule has 2 aromatic rings. The molecule has 0 fully saturated rings. The number of hydrogen-bond acceptors (Lipinski definition) is 3. The van der Waals surface area contributed by atoms with Gasteiger partial charge in [0.25, 0.3) is 0 Å². The maximum absolute atomic E-state index is 11.2. The van der Waals surface area contributed by atoms with E-state index >= 15 is 0 Å². The zero-order valence-electron chi connectivity index (χ0n) is 8.07. The van der Waals surface area contributed by atoms with Crippen molar-refractivity contribution in [2.45, 2.75) is 6.54 Å². The molecule has 6 heteroatoms. The van der Waals surface area contributed by atoms with Crippen molar-refractivity contribution in [3.05, 3.63) is 23.7 Å². The van der Waals surface area contributed by atoms with E-state index in [0.29, 0.717) is 5.65 Å². The molecular formula is C9H9ClN4O. The van der Waals surface area contributed by atoms with Crippen molar-refractivity contribution < 1.29 is 4.79 Å². The van der Waals surface area contributed by atoms with Gasteiger partial charge in [0.1, 0.15) is 12.2 Å². The molecule has 2 heterocycles. The minimum absolute atomic E-state index is 0.0813. The maximum Gasteiger partial charge on any atom is 0.239 e. The Morgan fingerprint density at radius 2 is 2.47 bits per heavy atom. The zero-order valence-corrected chi connectivity index (χ0v) is 8.82. The number of hydrogen-bond donors (Lipinski definition) is 1. The van der Waals surface area contributed by atoms with Gasteiger partial charge in [0, 0.05) is 24.8 Å². The molecule has 1 amide bonds. The molecule has 15 heavy (non-hydrogen) atoms. The van der Waals surface area contributed by atoms with E-state index in [9.17, 15) is 4.79 Å². The molecule has 0 bridgehead atoms. The molecule has 0 radical (unpaired) electrons. The topological polar surface area (TPSA) is 59.8 Å². The van der Waals surface area contributed by atoms with Crippen LogP contribution >= 0.6 is 11.6 Å². The first-order chi connectivity index (χ1) is 7.20. The number of nitrogens with one attached hydrogen (secondary N) is 1. The van der Waals surface area contributed by atoms with Gasteiger partial charge in [0.15, 0.2) is 0 Å². The fraction of sp³-hybridized carbons (Fsp3) is 0.222. The molecule has 0 aliphatic heterocycles. The summed E-state index contributed by atoms with van der Waals surface area (Å²) in [5, 5.41) is 3.59. The normalized spacial score (nSPS) is 10.5. The predicted octanol–water partition coefficient (Wildman–Crippen LogP) is 0.831. The van der Waals surface area contributed by atoms with Gasteiger partial charge in [0.05, 0.1) is 0 Å². The standard InChI is InChI=1S/C9H9ClN4O/c1-11-7(15)5-14-3-2-6-4-12-9(10)13-8(6)14/h2-4H,5H2,1H3,(H,11,15). The van der Waals surface area contributed by atoms with Crippen LogP contribution in [-0.2, 0) is 11.3 Å². The summed E-state index contributed by atoms with van der Waals surface area (Å²) >= 11 is 5.68. The number of aromatic nitrogens is 3. The Kier molecular flexibility index (Phi) is 2.55. The Bertz CT molecular complexity index is 508. The molecule has 0 aliphatic carbocycles. The van der Waals surface area contributed by atoms with Gasteiger partial charge < -0.3 is 9.88 Å². The lowest BCUT2D eigenvalue weighted by atomic mass is 10.4. The summed E-state index contributed by atoms with van der Waals surface area (Å²) in [6, 6.07) is 1.84. The van der Waals surface area contributed by atoms with Crippen LogP contribution in [0.2, 0.25) is 5.28 Å². The number of amides is 1. The lowest BCUT2D eigenvalue weighted by Crippen LogP contribution is -2.23. The molecule has 0 aromatic carbocycles. The fourth-order valence-corrected chi connectivity index (χ4v) is 1.44. The van der Waals surface area contributed by atoms with Crippen LogP contribution in [0.1, 0.15) is 0 Å². The Hall–Kier alpha value is -1.62. The molecule has 0 aliphatic rings. The molecule has 5 nitrogen and oxygen atoms in total. The highest BCUT2D eigenvalue weighted by molar-refractivity contribution is 6.28. The van der Waals surface area contributed by atoms with Gasteiger partial charge in [0.2, 0.25) is 11.2 Å². The molecule has 0 spiro atoms. The number of halogens is 1. The number of fused-ring (bicyclic) bond motifs is 1. The van der Waals surface area contributed by atoms with E-state index in [2.05, 4.69) is 15.3 Å². The summed E-state index contributed by atoms with van der Waals surface area (Å²) in [6.45, 7) is 0.230. The minimum atomic E-state index is -0.0813. The second kappa shape index (κ2) is 3.86. The number of nitrogens with zero attached hydrogens (tertiary/aromatic N) is 3. The minimum Gasteiger partial charge on any atom is -0.358 e. The molecule has 78 valence electrons. The van der Waals surface area contributed by atoms with Crippen molar-refractivity contribution in [1.29, 1.82) is 0 Å².